The number of hydrogen-bond acceptors (Lipinski definition) is 5. The number of ether oxygens (including phenoxy) is 1. The maximum Gasteiger partial charge on any atom is 0.147 e. The molecule has 0 radical (unpaired) electrons. The summed E-state index contributed by atoms with van der Waals surface area (Å²) in [5, 5.41) is 8.89. The first kappa shape index (κ1) is 11.3. The zero-order valence-corrected chi connectivity index (χ0v) is 9.63. The number of aliphatic hydroxyl groups is 1. The smallest absolute Gasteiger partial charge is 0.147 e. The van der Waals surface area contributed by atoms with Gasteiger partial charge in [0.2, 0.25) is 0 Å². The highest BCUT2D eigenvalue weighted by molar-refractivity contribution is 5.36. The van der Waals surface area contributed by atoms with Crippen LogP contribution in [-0.2, 0) is 11.3 Å². The topological polar surface area (TPSA) is 58.5 Å². The van der Waals surface area contributed by atoms with Gasteiger partial charge in [-0.1, -0.05) is 0 Å². The Morgan fingerprint density at radius 2 is 2.00 bits per heavy atom. The molecule has 1 fully saturated rings. The Balaban J connectivity index is 2.10. The minimum Gasteiger partial charge on any atom is -0.390 e. The number of hydrogen-bond donors (Lipinski definition) is 1. The highest BCUT2D eigenvalue weighted by atomic mass is 16.5. The van der Waals surface area contributed by atoms with Crippen LogP contribution in [0.25, 0.3) is 0 Å². The number of nitrogens with zero attached hydrogens (tertiary/aromatic N) is 3. The van der Waals surface area contributed by atoms with Crippen molar-refractivity contribution in [2.45, 2.75) is 32.7 Å². The quantitative estimate of drug-likeness (QED) is 0.795. The van der Waals surface area contributed by atoms with Crippen LogP contribution in [0.5, 0.6) is 0 Å². The molecule has 0 aliphatic carbocycles. The van der Waals surface area contributed by atoms with Crippen LogP contribution in [-0.4, -0.2) is 40.4 Å². The van der Waals surface area contributed by atoms with Gasteiger partial charge >= 0.3 is 0 Å². The summed E-state index contributed by atoms with van der Waals surface area (Å²) in [4.78, 5) is 10.6. The van der Waals surface area contributed by atoms with Crippen molar-refractivity contribution in [3.8, 4) is 0 Å². The first-order valence-corrected chi connectivity index (χ1v) is 5.51. The van der Waals surface area contributed by atoms with E-state index < -0.39 is 0 Å². The molecule has 2 heterocycles. The van der Waals surface area contributed by atoms with Gasteiger partial charge in [-0.3, -0.25) is 4.98 Å². The fourth-order valence-corrected chi connectivity index (χ4v) is 1.96. The Hall–Kier alpha value is -1.20. The molecule has 5 heteroatoms. The molecule has 1 N–H and O–H groups in total. The average molecular weight is 223 g/mol. The Morgan fingerprint density at radius 3 is 2.50 bits per heavy atom. The molecule has 0 spiro atoms. The van der Waals surface area contributed by atoms with E-state index in [1.165, 1.54) is 0 Å². The summed E-state index contributed by atoms with van der Waals surface area (Å²) in [6, 6.07) is 0. The highest BCUT2D eigenvalue weighted by Gasteiger charge is 2.23. The molecule has 1 aliphatic heterocycles. The lowest BCUT2D eigenvalue weighted by molar-refractivity contribution is -0.00548. The second-order valence-electron chi connectivity index (χ2n) is 4.19. The summed E-state index contributed by atoms with van der Waals surface area (Å²) in [5.41, 5.74) is 0.595. The Morgan fingerprint density at radius 1 is 1.31 bits per heavy atom. The van der Waals surface area contributed by atoms with Crippen molar-refractivity contribution in [3.05, 3.63) is 18.1 Å². The summed E-state index contributed by atoms with van der Waals surface area (Å²) >= 11 is 0. The molecule has 0 saturated carbocycles. The van der Waals surface area contributed by atoms with E-state index in [9.17, 15) is 0 Å². The minimum atomic E-state index is -0.0663. The molecule has 2 rings (SSSR count). The molecule has 1 aromatic heterocycles. The Bertz CT molecular complexity index is 332. The second kappa shape index (κ2) is 4.76. The summed E-state index contributed by atoms with van der Waals surface area (Å²) in [5.74, 6) is 0.846. The predicted molar refractivity (Wildman–Crippen MR) is 60.2 cm³/mol. The van der Waals surface area contributed by atoms with Gasteiger partial charge in [-0.05, 0) is 13.8 Å². The minimum absolute atomic E-state index is 0.0663. The van der Waals surface area contributed by atoms with Crippen LogP contribution in [0.4, 0.5) is 5.82 Å². The van der Waals surface area contributed by atoms with Gasteiger partial charge in [0.05, 0.1) is 36.9 Å². The van der Waals surface area contributed by atoms with E-state index in [0.717, 1.165) is 18.9 Å². The molecule has 1 saturated heterocycles. The normalized spacial score (nSPS) is 25.8. The largest absolute Gasteiger partial charge is 0.390 e. The summed E-state index contributed by atoms with van der Waals surface area (Å²) in [6.07, 6.45) is 3.74. The summed E-state index contributed by atoms with van der Waals surface area (Å²) in [6.45, 7) is 5.70. The van der Waals surface area contributed by atoms with Crippen molar-refractivity contribution in [1.29, 1.82) is 0 Å². The molecule has 1 aliphatic rings. The zero-order chi connectivity index (χ0) is 11.5. The monoisotopic (exact) mass is 223 g/mol. The number of rotatable bonds is 2. The van der Waals surface area contributed by atoms with E-state index in [0.29, 0.717) is 5.69 Å². The standard InChI is InChI=1S/C11H17N3O2/c1-8-5-14(6-9(2)16-8)11-4-12-10(7-15)3-13-11/h3-4,8-9,15H,5-7H2,1-2H3. The molecule has 1 aromatic rings. The molecular weight excluding hydrogens is 206 g/mol. The first-order valence-electron chi connectivity index (χ1n) is 5.51. The maximum atomic E-state index is 8.89. The molecule has 0 bridgehead atoms. The lowest BCUT2D eigenvalue weighted by atomic mass is 10.2. The predicted octanol–water partition coefficient (Wildman–Crippen LogP) is 0.583. The van der Waals surface area contributed by atoms with Crippen LogP contribution in [0.1, 0.15) is 19.5 Å². The van der Waals surface area contributed by atoms with Gasteiger partial charge in [0.1, 0.15) is 5.82 Å². The number of aliphatic hydroxyl groups excluding tert-OH is 1. The van der Waals surface area contributed by atoms with Crippen LogP contribution in [0.3, 0.4) is 0 Å². The van der Waals surface area contributed by atoms with Crippen molar-refractivity contribution >= 4 is 5.82 Å². The third-order valence-corrected chi connectivity index (χ3v) is 2.60. The van der Waals surface area contributed by atoms with Crippen molar-refractivity contribution < 1.29 is 9.84 Å². The average Bonchev–Trinajstić information content (AvgIpc) is 2.28. The van der Waals surface area contributed by atoms with Gasteiger partial charge < -0.3 is 14.7 Å². The highest BCUT2D eigenvalue weighted by Crippen LogP contribution is 2.17. The number of morpholine rings is 1. The van der Waals surface area contributed by atoms with E-state index in [4.69, 9.17) is 9.84 Å². The fourth-order valence-electron chi connectivity index (χ4n) is 1.96. The Kier molecular flexibility index (Phi) is 3.36. The van der Waals surface area contributed by atoms with Crippen LogP contribution < -0.4 is 4.90 Å². The third kappa shape index (κ3) is 2.48. The molecule has 16 heavy (non-hydrogen) atoms. The number of aromatic nitrogens is 2. The van der Waals surface area contributed by atoms with Gasteiger partial charge in [0, 0.05) is 13.1 Å². The third-order valence-electron chi connectivity index (χ3n) is 2.60. The Labute approximate surface area is 95.1 Å². The number of anilines is 1. The SMILES string of the molecule is CC1CN(c2cnc(CO)cn2)CC(C)O1. The van der Waals surface area contributed by atoms with E-state index in [1.54, 1.807) is 12.4 Å². The van der Waals surface area contributed by atoms with Gasteiger partial charge in [0.15, 0.2) is 0 Å². The fraction of sp³-hybridized carbons (Fsp3) is 0.636. The second-order valence-corrected chi connectivity index (χ2v) is 4.19. The first-order chi connectivity index (χ1) is 7.69. The van der Waals surface area contributed by atoms with Crippen molar-refractivity contribution in [2.24, 2.45) is 0 Å². The van der Waals surface area contributed by atoms with E-state index in [2.05, 4.69) is 28.7 Å². The van der Waals surface area contributed by atoms with Gasteiger partial charge in [0.25, 0.3) is 0 Å². The van der Waals surface area contributed by atoms with Crippen molar-refractivity contribution in [3.63, 3.8) is 0 Å². The zero-order valence-electron chi connectivity index (χ0n) is 9.63. The molecule has 2 unspecified atom stereocenters. The molecule has 5 nitrogen and oxygen atoms in total. The molecule has 0 amide bonds. The van der Waals surface area contributed by atoms with Gasteiger partial charge in [-0.15, -0.1) is 0 Å². The lowest BCUT2D eigenvalue weighted by Crippen LogP contribution is -2.45. The molecular formula is C11H17N3O2. The summed E-state index contributed by atoms with van der Waals surface area (Å²) in [7, 11) is 0. The summed E-state index contributed by atoms with van der Waals surface area (Å²) < 4.78 is 5.65. The van der Waals surface area contributed by atoms with Gasteiger partial charge in [-0.2, -0.15) is 0 Å². The van der Waals surface area contributed by atoms with Crippen LogP contribution in [0.2, 0.25) is 0 Å². The molecule has 88 valence electrons. The van der Waals surface area contributed by atoms with Gasteiger partial charge in [-0.25, -0.2) is 4.98 Å². The van der Waals surface area contributed by atoms with E-state index >= 15 is 0 Å². The maximum absolute atomic E-state index is 8.89. The van der Waals surface area contributed by atoms with E-state index in [-0.39, 0.29) is 18.8 Å². The molecule has 0 aromatic carbocycles. The van der Waals surface area contributed by atoms with Crippen molar-refractivity contribution in [1.82, 2.24) is 9.97 Å². The van der Waals surface area contributed by atoms with E-state index in [1.807, 2.05) is 0 Å². The lowest BCUT2D eigenvalue weighted by Gasteiger charge is -2.35. The molecule has 2 atom stereocenters. The van der Waals surface area contributed by atoms with Crippen LogP contribution >= 0.6 is 0 Å². The van der Waals surface area contributed by atoms with Crippen molar-refractivity contribution in [2.75, 3.05) is 18.0 Å². The van der Waals surface area contributed by atoms with Crippen LogP contribution in [0, 0.1) is 0 Å². The van der Waals surface area contributed by atoms with Crippen LogP contribution in [0.15, 0.2) is 12.4 Å².